The number of H-pyrrole nitrogens is 1. The molecule has 1 saturated carbocycles. The molecule has 2 unspecified atom stereocenters. The predicted octanol–water partition coefficient (Wildman–Crippen LogP) is 6.23. The molecule has 1 aliphatic rings. The van der Waals surface area contributed by atoms with Crippen molar-refractivity contribution < 1.29 is 13.2 Å². The number of alkyl halides is 3. The molecule has 0 amide bonds. The number of aromatic nitrogens is 4. The normalized spacial score (nSPS) is 17.1. The third-order valence-corrected chi connectivity index (χ3v) is 5.96. The van der Waals surface area contributed by atoms with Crippen LogP contribution >= 0.6 is 11.6 Å². The first-order valence-electron chi connectivity index (χ1n) is 9.38. The molecular weight excluding hydrogens is 389 g/mol. The number of hydrogen-bond donors (Lipinski definition) is 1. The largest absolute Gasteiger partial charge is 0.416 e. The molecule has 1 N–H and O–H groups in total. The average molecular weight is 409 g/mol. The maximum absolute atomic E-state index is 13.1. The summed E-state index contributed by atoms with van der Waals surface area (Å²) >= 11 is 6.34. The van der Waals surface area contributed by atoms with E-state index >= 15 is 0 Å². The summed E-state index contributed by atoms with van der Waals surface area (Å²) in [6.45, 7) is 4.31. The minimum absolute atomic E-state index is 0.0404. The van der Waals surface area contributed by atoms with Gasteiger partial charge in [0.15, 0.2) is 5.65 Å². The van der Waals surface area contributed by atoms with E-state index < -0.39 is 11.7 Å². The summed E-state index contributed by atoms with van der Waals surface area (Å²) in [6, 6.07) is 3.45. The van der Waals surface area contributed by atoms with Crippen LogP contribution < -0.4 is 0 Å². The number of halogens is 4. The highest BCUT2D eigenvalue weighted by Gasteiger charge is 2.39. The summed E-state index contributed by atoms with van der Waals surface area (Å²) in [6.07, 6.45) is 0.290. The molecule has 3 aromatic rings. The monoisotopic (exact) mass is 408 g/mol. The number of aromatic amines is 1. The van der Waals surface area contributed by atoms with Crippen molar-refractivity contribution in [3.63, 3.8) is 0 Å². The molecule has 4 nitrogen and oxygen atoms in total. The Hall–Kier alpha value is -2.15. The lowest BCUT2D eigenvalue weighted by atomic mass is 9.81. The van der Waals surface area contributed by atoms with Gasteiger partial charge in [0.2, 0.25) is 0 Å². The summed E-state index contributed by atoms with van der Waals surface area (Å²) in [4.78, 5) is 7.24. The molecule has 2 atom stereocenters. The molecule has 1 aliphatic carbocycles. The number of nitrogens with zero attached hydrogens (tertiary/aromatic N) is 3. The summed E-state index contributed by atoms with van der Waals surface area (Å²) in [7, 11) is 0. The summed E-state index contributed by atoms with van der Waals surface area (Å²) < 4.78 is 39.2. The Kier molecular flexibility index (Phi) is 4.81. The Balaban J connectivity index is 1.94. The van der Waals surface area contributed by atoms with Crippen molar-refractivity contribution in [2.24, 2.45) is 11.8 Å². The van der Waals surface area contributed by atoms with Crippen LogP contribution in [0.1, 0.15) is 50.3 Å². The highest BCUT2D eigenvalue weighted by molar-refractivity contribution is 6.33. The lowest BCUT2D eigenvalue weighted by Gasteiger charge is -2.24. The van der Waals surface area contributed by atoms with Gasteiger partial charge in [0.05, 0.1) is 23.1 Å². The van der Waals surface area contributed by atoms with E-state index in [-0.39, 0.29) is 10.9 Å². The first kappa shape index (κ1) is 19.2. The van der Waals surface area contributed by atoms with Crippen molar-refractivity contribution in [2.45, 2.75) is 45.2 Å². The third-order valence-electron chi connectivity index (χ3n) is 5.65. The summed E-state index contributed by atoms with van der Waals surface area (Å²) in [5.74, 6) is 1.06. The van der Waals surface area contributed by atoms with E-state index in [1.165, 1.54) is 12.4 Å². The fraction of sp³-hybridized carbons (Fsp3) is 0.450. The molecule has 1 fully saturated rings. The molecule has 1 aromatic carbocycles. The zero-order chi connectivity index (χ0) is 20.1. The summed E-state index contributed by atoms with van der Waals surface area (Å²) in [5, 5.41) is 8.77. The van der Waals surface area contributed by atoms with Crippen LogP contribution in [0.4, 0.5) is 13.2 Å². The predicted molar refractivity (Wildman–Crippen MR) is 102 cm³/mol. The number of nitrogens with one attached hydrogen (secondary N) is 1. The van der Waals surface area contributed by atoms with Crippen molar-refractivity contribution in [3.8, 4) is 11.1 Å². The van der Waals surface area contributed by atoms with Gasteiger partial charge in [-0.05, 0) is 36.8 Å². The molecular formula is C20H20ClF3N4. The number of benzene rings is 1. The Labute approximate surface area is 165 Å². The SMILES string of the molecule is CCC(C)C(c1nnc2nc[nH]c2c1-c1ccc(C(F)(F)F)cc1Cl)C1CC1. The number of hydrogen-bond acceptors (Lipinski definition) is 3. The second kappa shape index (κ2) is 7.03. The number of fused-ring (bicyclic) bond motifs is 1. The molecule has 0 bridgehead atoms. The zero-order valence-electron chi connectivity index (χ0n) is 15.5. The first-order chi connectivity index (χ1) is 13.3. The van der Waals surface area contributed by atoms with Crippen LogP contribution in [0.2, 0.25) is 5.02 Å². The third kappa shape index (κ3) is 3.36. The van der Waals surface area contributed by atoms with Crippen molar-refractivity contribution >= 4 is 22.8 Å². The fourth-order valence-electron chi connectivity index (χ4n) is 3.89. The van der Waals surface area contributed by atoms with Crippen LogP contribution in [-0.4, -0.2) is 20.2 Å². The zero-order valence-corrected chi connectivity index (χ0v) is 16.3. The number of imidazole rings is 1. The second-order valence-electron chi connectivity index (χ2n) is 7.50. The van der Waals surface area contributed by atoms with E-state index in [1.54, 1.807) is 0 Å². The smallest absolute Gasteiger partial charge is 0.343 e. The highest BCUT2D eigenvalue weighted by atomic mass is 35.5. The van der Waals surface area contributed by atoms with Crippen LogP contribution in [0.25, 0.3) is 22.3 Å². The Bertz CT molecular complexity index is 1010. The average Bonchev–Trinajstić information content (AvgIpc) is 3.36. The van der Waals surface area contributed by atoms with Crippen LogP contribution in [0.5, 0.6) is 0 Å². The Morgan fingerprint density at radius 1 is 1.25 bits per heavy atom. The van der Waals surface area contributed by atoms with E-state index in [4.69, 9.17) is 11.6 Å². The van der Waals surface area contributed by atoms with Gasteiger partial charge in [-0.2, -0.15) is 18.3 Å². The van der Waals surface area contributed by atoms with Crippen molar-refractivity contribution in [1.82, 2.24) is 20.2 Å². The van der Waals surface area contributed by atoms with Gasteiger partial charge in [-0.1, -0.05) is 37.9 Å². The van der Waals surface area contributed by atoms with Crippen LogP contribution in [0, 0.1) is 11.8 Å². The first-order valence-corrected chi connectivity index (χ1v) is 9.75. The van der Waals surface area contributed by atoms with Crippen LogP contribution in [0.15, 0.2) is 24.5 Å². The van der Waals surface area contributed by atoms with E-state index in [0.717, 1.165) is 37.1 Å². The molecule has 0 spiro atoms. The molecule has 2 aromatic heterocycles. The maximum atomic E-state index is 13.1. The quantitative estimate of drug-likeness (QED) is 0.544. The van der Waals surface area contributed by atoms with Gasteiger partial charge in [-0.25, -0.2) is 4.98 Å². The lowest BCUT2D eigenvalue weighted by Crippen LogP contribution is -2.15. The van der Waals surface area contributed by atoms with E-state index in [0.29, 0.717) is 34.1 Å². The molecule has 2 heterocycles. The molecule has 28 heavy (non-hydrogen) atoms. The molecule has 4 rings (SSSR count). The van der Waals surface area contributed by atoms with Crippen molar-refractivity contribution in [2.75, 3.05) is 0 Å². The van der Waals surface area contributed by atoms with Gasteiger partial charge in [0.1, 0.15) is 0 Å². The minimum atomic E-state index is -4.45. The topological polar surface area (TPSA) is 54.5 Å². The van der Waals surface area contributed by atoms with Crippen LogP contribution in [0.3, 0.4) is 0 Å². The van der Waals surface area contributed by atoms with Gasteiger partial charge < -0.3 is 4.98 Å². The lowest BCUT2D eigenvalue weighted by molar-refractivity contribution is -0.137. The molecule has 0 aliphatic heterocycles. The molecule has 148 valence electrons. The Morgan fingerprint density at radius 3 is 2.61 bits per heavy atom. The van der Waals surface area contributed by atoms with E-state index in [2.05, 4.69) is 34.0 Å². The number of rotatable bonds is 5. The molecule has 0 saturated heterocycles. The summed E-state index contributed by atoms with van der Waals surface area (Å²) in [5.41, 5.74) is 2.32. The highest BCUT2D eigenvalue weighted by Crippen LogP contribution is 2.50. The van der Waals surface area contributed by atoms with Gasteiger partial charge in [-0.15, -0.1) is 5.10 Å². The van der Waals surface area contributed by atoms with Gasteiger partial charge in [0, 0.05) is 22.1 Å². The van der Waals surface area contributed by atoms with Gasteiger partial charge >= 0.3 is 6.18 Å². The molecule has 8 heteroatoms. The van der Waals surface area contributed by atoms with E-state index in [1.807, 2.05) is 0 Å². The second-order valence-corrected chi connectivity index (χ2v) is 7.91. The fourth-order valence-corrected chi connectivity index (χ4v) is 4.17. The molecule has 0 radical (unpaired) electrons. The standard InChI is InChI=1S/C20H20ClF3N4/c1-3-10(2)15(11-4-5-11)17-16(18-19(28-27-17)26-9-25-18)13-7-6-12(8-14(13)21)20(22,23)24/h6-11,15H,3-5H2,1-2H3,(H,25,26,28). The van der Waals surface area contributed by atoms with Gasteiger partial charge in [-0.3, -0.25) is 0 Å². The Morgan fingerprint density at radius 2 is 2.00 bits per heavy atom. The van der Waals surface area contributed by atoms with Gasteiger partial charge in [0.25, 0.3) is 0 Å². The van der Waals surface area contributed by atoms with Crippen molar-refractivity contribution in [1.29, 1.82) is 0 Å². The van der Waals surface area contributed by atoms with Crippen LogP contribution in [-0.2, 0) is 6.18 Å². The van der Waals surface area contributed by atoms with E-state index in [9.17, 15) is 13.2 Å². The maximum Gasteiger partial charge on any atom is 0.416 e. The van der Waals surface area contributed by atoms with Crippen molar-refractivity contribution in [3.05, 3.63) is 40.8 Å². The minimum Gasteiger partial charge on any atom is -0.343 e.